The summed E-state index contributed by atoms with van der Waals surface area (Å²) in [7, 11) is 1.61. The number of carbonyl (C=O) groups is 1. The maximum atomic E-state index is 12.0. The summed E-state index contributed by atoms with van der Waals surface area (Å²) in [4.78, 5) is 16.2. The number of aromatic nitrogens is 1. The first kappa shape index (κ1) is 17.7. The van der Waals surface area contributed by atoms with E-state index in [9.17, 15) is 4.79 Å². The van der Waals surface area contributed by atoms with Crippen molar-refractivity contribution in [3.63, 3.8) is 0 Å². The lowest BCUT2D eigenvalue weighted by Gasteiger charge is -2.21. The third kappa shape index (κ3) is 4.23. The predicted molar refractivity (Wildman–Crippen MR) is 93.6 cm³/mol. The largest absolute Gasteiger partial charge is 0.496 e. The number of ether oxygens (including phenoxy) is 2. The quantitative estimate of drug-likeness (QED) is 0.849. The van der Waals surface area contributed by atoms with Gasteiger partial charge in [-0.15, -0.1) is 0 Å². The maximum Gasteiger partial charge on any atom is 0.244 e. The molecule has 0 aliphatic carbocycles. The molecule has 1 atom stereocenters. The molecule has 128 valence electrons. The summed E-state index contributed by atoms with van der Waals surface area (Å²) in [6.45, 7) is 5.52. The Morgan fingerprint density at radius 2 is 2.08 bits per heavy atom. The highest BCUT2D eigenvalue weighted by Gasteiger charge is 2.25. The first-order valence-corrected chi connectivity index (χ1v) is 7.74. The number of benzene rings is 1. The molecular formula is C18H23N3O3. The van der Waals surface area contributed by atoms with Crippen LogP contribution in [-0.2, 0) is 4.79 Å². The Morgan fingerprint density at radius 1 is 1.33 bits per heavy atom. The summed E-state index contributed by atoms with van der Waals surface area (Å²) in [6, 6.07) is 8.96. The summed E-state index contributed by atoms with van der Waals surface area (Å²) in [5.41, 5.74) is 6.59. The smallest absolute Gasteiger partial charge is 0.244 e. The number of nitrogens with zero attached hydrogens (tertiary/aromatic N) is 1. The average molecular weight is 329 g/mol. The fraction of sp³-hybridized carbons (Fsp3) is 0.333. The monoisotopic (exact) mass is 329 g/mol. The number of nitrogens with one attached hydrogen (secondary N) is 1. The van der Waals surface area contributed by atoms with E-state index in [-0.39, 0.29) is 5.91 Å². The van der Waals surface area contributed by atoms with E-state index >= 15 is 0 Å². The number of carbonyl (C=O) groups excluding carboxylic acids is 1. The fourth-order valence-electron chi connectivity index (χ4n) is 1.93. The highest BCUT2D eigenvalue weighted by Crippen LogP contribution is 2.27. The van der Waals surface area contributed by atoms with E-state index in [1.165, 1.54) is 6.20 Å². The molecule has 3 N–H and O–H groups in total. The standard InChI is InChI=1S/C18H23N3O3/c1-5-18(3,19)17(22)21-13-7-9-16(20-11-13)24-14-8-6-12(2)15(10-14)23-4/h6-11H,5,19H2,1-4H3,(H,21,22)/t18-/m1/s1. The normalized spacial score (nSPS) is 13.0. The Bertz CT molecular complexity index is 712. The Labute approximate surface area is 142 Å². The van der Waals surface area contributed by atoms with Crippen molar-refractivity contribution in [2.24, 2.45) is 5.73 Å². The van der Waals surface area contributed by atoms with Gasteiger partial charge in [0.25, 0.3) is 0 Å². The van der Waals surface area contributed by atoms with Gasteiger partial charge in [-0.2, -0.15) is 0 Å². The van der Waals surface area contributed by atoms with Crippen LogP contribution in [0, 0.1) is 6.92 Å². The molecule has 6 heteroatoms. The van der Waals surface area contributed by atoms with Crippen molar-refractivity contribution in [3.05, 3.63) is 42.1 Å². The van der Waals surface area contributed by atoms with Crippen molar-refractivity contribution in [1.29, 1.82) is 0 Å². The number of rotatable bonds is 6. The van der Waals surface area contributed by atoms with Crippen molar-refractivity contribution >= 4 is 11.6 Å². The summed E-state index contributed by atoms with van der Waals surface area (Å²) < 4.78 is 11.0. The number of aryl methyl sites for hydroxylation is 1. The predicted octanol–water partition coefficient (Wildman–Crippen LogP) is 3.26. The third-order valence-electron chi connectivity index (χ3n) is 3.85. The van der Waals surface area contributed by atoms with Crippen molar-refractivity contribution in [3.8, 4) is 17.4 Å². The lowest BCUT2D eigenvalue weighted by atomic mass is 9.99. The summed E-state index contributed by atoms with van der Waals surface area (Å²) in [5.74, 6) is 1.55. The summed E-state index contributed by atoms with van der Waals surface area (Å²) in [5, 5.41) is 2.75. The fourth-order valence-corrected chi connectivity index (χ4v) is 1.93. The van der Waals surface area contributed by atoms with Crippen molar-refractivity contribution < 1.29 is 14.3 Å². The molecule has 24 heavy (non-hydrogen) atoms. The highest BCUT2D eigenvalue weighted by molar-refractivity contribution is 5.97. The van der Waals surface area contributed by atoms with Crippen LogP contribution in [0.2, 0.25) is 0 Å². The van der Waals surface area contributed by atoms with E-state index in [1.54, 1.807) is 32.2 Å². The van der Waals surface area contributed by atoms with Gasteiger partial charge in [0.15, 0.2) is 0 Å². The van der Waals surface area contributed by atoms with Crippen LogP contribution in [0.5, 0.6) is 17.4 Å². The number of anilines is 1. The molecule has 0 aliphatic rings. The van der Waals surface area contributed by atoms with Gasteiger partial charge in [0.1, 0.15) is 11.5 Å². The van der Waals surface area contributed by atoms with Crippen LogP contribution in [0.25, 0.3) is 0 Å². The van der Waals surface area contributed by atoms with Crippen LogP contribution in [-0.4, -0.2) is 23.5 Å². The minimum absolute atomic E-state index is 0.247. The van der Waals surface area contributed by atoms with Crippen molar-refractivity contribution in [2.75, 3.05) is 12.4 Å². The van der Waals surface area contributed by atoms with Gasteiger partial charge in [0.05, 0.1) is 24.5 Å². The molecule has 0 unspecified atom stereocenters. The van der Waals surface area contributed by atoms with E-state index in [0.29, 0.717) is 23.7 Å². The first-order chi connectivity index (χ1) is 11.4. The van der Waals surface area contributed by atoms with Gasteiger partial charge in [-0.25, -0.2) is 4.98 Å². The van der Waals surface area contributed by atoms with Crippen LogP contribution in [0.1, 0.15) is 25.8 Å². The zero-order chi connectivity index (χ0) is 17.7. The summed E-state index contributed by atoms with van der Waals surface area (Å²) in [6.07, 6.45) is 2.08. The average Bonchev–Trinajstić information content (AvgIpc) is 2.58. The van der Waals surface area contributed by atoms with Crippen molar-refractivity contribution in [2.45, 2.75) is 32.7 Å². The molecule has 1 aromatic carbocycles. The molecule has 1 amide bonds. The first-order valence-electron chi connectivity index (χ1n) is 7.74. The highest BCUT2D eigenvalue weighted by atomic mass is 16.5. The van der Waals surface area contributed by atoms with Gasteiger partial charge < -0.3 is 20.5 Å². The van der Waals surface area contributed by atoms with Gasteiger partial charge in [-0.3, -0.25) is 4.79 Å². The molecule has 0 fully saturated rings. The maximum absolute atomic E-state index is 12.0. The minimum Gasteiger partial charge on any atom is -0.496 e. The Kier molecular flexibility index (Phi) is 5.41. The minimum atomic E-state index is -0.909. The molecule has 6 nitrogen and oxygen atoms in total. The number of hydrogen-bond acceptors (Lipinski definition) is 5. The van der Waals surface area contributed by atoms with Gasteiger partial charge in [0, 0.05) is 12.1 Å². The van der Waals surface area contributed by atoms with Gasteiger partial charge in [-0.05, 0) is 38.0 Å². The van der Waals surface area contributed by atoms with E-state index in [1.807, 2.05) is 26.0 Å². The molecule has 0 radical (unpaired) electrons. The van der Waals surface area contributed by atoms with E-state index in [2.05, 4.69) is 10.3 Å². The Hall–Kier alpha value is -2.60. The zero-order valence-electron chi connectivity index (χ0n) is 14.4. The lowest BCUT2D eigenvalue weighted by molar-refractivity contribution is -0.120. The molecule has 0 bridgehead atoms. The van der Waals surface area contributed by atoms with Crippen LogP contribution >= 0.6 is 0 Å². The molecule has 2 rings (SSSR count). The van der Waals surface area contributed by atoms with Gasteiger partial charge in [0.2, 0.25) is 11.8 Å². The Morgan fingerprint density at radius 3 is 2.67 bits per heavy atom. The lowest BCUT2D eigenvalue weighted by Crippen LogP contribution is -2.47. The van der Waals surface area contributed by atoms with Crippen molar-refractivity contribution in [1.82, 2.24) is 4.98 Å². The van der Waals surface area contributed by atoms with E-state index < -0.39 is 5.54 Å². The number of amides is 1. The topological polar surface area (TPSA) is 86.5 Å². The molecule has 2 aromatic rings. The second-order valence-corrected chi connectivity index (χ2v) is 5.84. The number of nitrogens with two attached hydrogens (primary N) is 1. The molecule has 1 aromatic heterocycles. The third-order valence-corrected chi connectivity index (χ3v) is 3.85. The SMILES string of the molecule is CC[C@@](C)(N)C(=O)Nc1ccc(Oc2ccc(C)c(OC)c2)nc1. The molecule has 0 aliphatic heterocycles. The van der Waals surface area contributed by atoms with Crippen LogP contribution < -0.4 is 20.5 Å². The molecule has 1 heterocycles. The second kappa shape index (κ2) is 7.31. The number of methoxy groups -OCH3 is 1. The molecular weight excluding hydrogens is 306 g/mol. The second-order valence-electron chi connectivity index (χ2n) is 5.84. The molecule has 0 spiro atoms. The number of pyridine rings is 1. The molecule has 0 saturated carbocycles. The van der Waals surface area contributed by atoms with Crippen LogP contribution in [0.15, 0.2) is 36.5 Å². The summed E-state index contributed by atoms with van der Waals surface area (Å²) >= 11 is 0. The Balaban J connectivity index is 2.06. The van der Waals surface area contributed by atoms with Crippen LogP contribution in [0.3, 0.4) is 0 Å². The van der Waals surface area contributed by atoms with Crippen LogP contribution in [0.4, 0.5) is 5.69 Å². The van der Waals surface area contributed by atoms with Gasteiger partial charge >= 0.3 is 0 Å². The zero-order valence-corrected chi connectivity index (χ0v) is 14.4. The molecule has 0 saturated heterocycles. The van der Waals surface area contributed by atoms with E-state index in [0.717, 1.165) is 11.3 Å². The van der Waals surface area contributed by atoms with E-state index in [4.69, 9.17) is 15.2 Å². The number of hydrogen-bond donors (Lipinski definition) is 2. The van der Waals surface area contributed by atoms with Gasteiger partial charge in [-0.1, -0.05) is 13.0 Å².